The van der Waals surface area contributed by atoms with Gasteiger partial charge in [-0.2, -0.15) is 5.26 Å². The Labute approximate surface area is 82.2 Å². The van der Waals surface area contributed by atoms with Crippen molar-refractivity contribution in [3.8, 4) is 6.07 Å². The fourth-order valence-corrected chi connectivity index (χ4v) is 0.980. The summed E-state index contributed by atoms with van der Waals surface area (Å²) >= 11 is 0. The van der Waals surface area contributed by atoms with Crippen LogP contribution in [-0.4, -0.2) is 13.1 Å². The highest BCUT2D eigenvalue weighted by Gasteiger charge is 1.95. The van der Waals surface area contributed by atoms with E-state index in [2.05, 4.69) is 4.74 Å². The lowest BCUT2D eigenvalue weighted by Gasteiger charge is -1.96. The van der Waals surface area contributed by atoms with Crippen molar-refractivity contribution in [3.63, 3.8) is 0 Å². The van der Waals surface area contributed by atoms with E-state index < -0.39 is 0 Å². The fraction of sp³-hybridized carbons (Fsp3) is 0.0909. The summed E-state index contributed by atoms with van der Waals surface area (Å²) in [6, 6.07) is 11.4. The fourth-order valence-electron chi connectivity index (χ4n) is 0.980. The third kappa shape index (κ3) is 3.11. The van der Waals surface area contributed by atoms with E-state index in [0.717, 1.165) is 5.56 Å². The van der Waals surface area contributed by atoms with Crippen LogP contribution >= 0.6 is 0 Å². The number of carbonyl (C=O) groups is 1. The molecule has 0 bridgehead atoms. The van der Waals surface area contributed by atoms with Crippen LogP contribution in [0.5, 0.6) is 0 Å². The third-order valence-electron chi connectivity index (χ3n) is 1.59. The minimum Gasteiger partial charge on any atom is -0.462 e. The molecule has 0 saturated heterocycles. The predicted octanol–water partition coefficient (Wildman–Crippen LogP) is 1.77. The molecule has 1 aromatic carbocycles. The molecule has 0 aliphatic heterocycles. The molecule has 0 spiro atoms. The molecule has 0 saturated carbocycles. The lowest BCUT2D eigenvalue weighted by atomic mass is 10.1. The zero-order chi connectivity index (χ0) is 10.2. The summed E-state index contributed by atoms with van der Waals surface area (Å²) in [6.45, 7) is 0.352. The van der Waals surface area contributed by atoms with Crippen LogP contribution in [0.25, 0.3) is 6.08 Å². The van der Waals surface area contributed by atoms with Gasteiger partial charge >= 0.3 is 0 Å². The SMILES string of the molecule is N#C/C(=C\c1ccccc1)COC=O. The van der Waals surface area contributed by atoms with Crippen LogP contribution < -0.4 is 0 Å². The van der Waals surface area contributed by atoms with Gasteiger partial charge in [-0.25, -0.2) is 0 Å². The molecule has 3 nitrogen and oxygen atoms in total. The molecule has 1 rings (SSSR count). The zero-order valence-electron chi connectivity index (χ0n) is 7.51. The van der Waals surface area contributed by atoms with Crippen molar-refractivity contribution < 1.29 is 9.53 Å². The molecule has 0 radical (unpaired) electrons. The first-order valence-electron chi connectivity index (χ1n) is 4.08. The molecule has 0 atom stereocenters. The number of hydrogen-bond donors (Lipinski definition) is 0. The first kappa shape index (κ1) is 10.0. The van der Waals surface area contributed by atoms with Crippen LogP contribution in [0.1, 0.15) is 5.56 Å². The van der Waals surface area contributed by atoms with Gasteiger partial charge in [-0.15, -0.1) is 0 Å². The van der Waals surface area contributed by atoms with Gasteiger partial charge in [0.2, 0.25) is 0 Å². The minimum absolute atomic E-state index is 0.0227. The van der Waals surface area contributed by atoms with Crippen LogP contribution in [0.15, 0.2) is 35.9 Å². The van der Waals surface area contributed by atoms with E-state index in [1.54, 1.807) is 6.08 Å². The van der Waals surface area contributed by atoms with Gasteiger partial charge in [0.05, 0.1) is 11.6 Å². The monoisotopic (exact) mass is 187 g/mol. The van der Waals surface area contributed by atoms with Gasteiger partial charge < -0.3 is 4.74 Å². The van der Waals surface area contributed by atoms with Gasteiger partial charge in [0.1, 0.15) is 6.61 Å². The van der Waals surface area contributed by atoms with Crippen LogP contribution in [-0.2, 0) is 9.53 Å². The van der Waals surface area contributed by atoms with E-state index in [4.69, 9.17) is 5.26 Å². The second-order valence-electron chi connectivity index (χ2n) is 2.60. The highest BCUT2D eigenvalue weighted by molar-refractivity contribution is 5.57. The molecule has 14 heavy (non-hydrogen) atoms. The van der Waals surface area contributed by atoms with Gasteiger partial charge in [-0.1, -0.05) is 30.3 Å². The Morgan fingerprint density at radius 1 is 1.43 bits per heavy atom. The van der Waals surface area contributed by atoms with Crippen molar-refractivity contribution in [1.82, 2.24) is 0 Å². The molecule has 0 aromatic heterocycles. The third-order valence-corrected chi connectivity index (χ3v) is 1.59. The number of carbonyl (C=O) groups excluding carboxylic acids is 1. The standard InChI is InChI=1S/C11H9NO2/c12-7-11(8-14-9-13)6-10-4-2-1-3-5-10/h1-6,9H,8H2/b11-6+. The van der Waals surface area contributed by atoms with Crippen molar-refractivity contribution in [1.29, 1.82) is 5.26 Å². The first-order valence-corrected chi connectivity index (χ1v) is 4.08. The Bertz CT molecular complexity index is 363. The van der Waals surface area contributed by atoms with E-state index in [0.29, 0.717) is 12.0 Å². The van der Waals surface area contributed by atoms with E-state index in [-0.39, 0.29) is 6.61 Å². The normalized spacial score (nSPS) is 10.4. The molecule has 0 aliphatic carbocycles. The number of rotatable bonds is 4. The molecule has 3 heteroatoms. The quantitative estimate of drug-likeness (QED) is 0.533. The van der Waals surface area contributed by atoms with E-state index >= 15 is 0 Å². The molecule has 0 fully saturated rings. The molecular weight excluding hydrogens is 178 g/mol. The van der Waals surface area contributed by atoms with E-state index in [1.807, 2.05) is 36.4 Å². The molecule has 70 valence electrons. The van der Waals surface area contributed by atoms with E-state index in [1.165, 1.54) is 0 Å². The summed E-state index contributed by atoms with van der Waals surface area (Å²) in [6.07, 6.45) is 1.68. The van der Waals surface area contributed by atoms with E-state index in [9.17, 15) is 4.79 Å². The van der Waals surface area contributed by atoms with Crippen LogP contribution in [0.4, 0.5) is 0 Å². The Morgan fingerprint density at radius 2 is 2.14 bits per heavy atom. The predicted molar refractivity (Wildman–Crippen MR) is 52.0 cm³/mol. The lowest BCUT2D eigenvalue weighted by molar-refractivity contribution is -0.127. The van der Waals surface area contributed by atoms with Crippen molar-refractivity contribution in [2.24, 2.45) is 0 Å². The summed E-state index contributed by atoms with van der Waals surface area (Å²) in [7, 11) is 0. The average Bonchev–Trinajstić information content (AvgIpc) is 2.25. The van der Waals surface area contributed by atoms with Crippen LogP contribution in [0.2, 0.25) is 0 Å². The topological polar surface area (TPSA) is 50.1 Å². The summed E-state index contributed by atoms with van der Waals surface area (Å²) in [4.78, 5) is 9.92. The Kier molecular flexibility index (Phi) is 3.96. The van der Waals surface area contributed by atoms with Crippen molar-refractivity contribution >= 4 is 12.5 Å². The van der Waals surface area contributed by atoms with Crippen molar-refractivity contribution in [2.45, 2.75) is 0 Å². The maximum atomic E-state index is 9.92. The average molecular weight is 187 g/mol. The molecule has 0 aliphatic rings. The molecule has 0 N–H and O–H groups in total. The van der Waals surface area contributed by atoms with Gasteiger partial charge in [-0.3, -0.25) is 4.79 Å². The van der Waals surface area contributed by atoms with Crippen molar-refractivity contribution in [3.05, 3.63) is 41.5 Å². The van der Waals surface area contributed by atoms with Crippen LogP contribution in [0, 0.1) is 11.3 Å². The minimum atomic E-state index is 0.0227. The number of hydrogen-bond acceptors (Lipinski definition) is 3. The number of benzene rings is 1. The van der Waals surface area contributed by atoms with Gasteiger partial charge in [0.15, 0.2) is 0 Å². The largest absolute Gasteiger partial charge is 0.462 e. The highest BCUT2D eigenvalue weighted by atomic mass is 16.5. The molecular formula is C11H9NO2. The summed E-state index contributed by atoms with van der Waals surface area (Å²) < 4.78 is 4.49. The first-order chi connectivity index (χ1) is 6.86. The summed E-state index contributed by atoms with van der Waals surface area (Å²) in [5.41, 5.74) is 1.34. The summed E-state index contributed by atoms with van der Waals surface area (Å²) in [5, 5.41) is 8.70. The number of nitrogens with zero attached hydrogens (tertiary/aromatic N) is 1. The number of nitriles is 1. The zero-order valence-corrected chi connectivity index (χ0v) is 7.51. The van der Waals surface area contributed by atoms with Gasteiger partial charge in [-0.05, 0) is 11.6 Å². The lowest BCUT2D eigenvalue weighted by Crippen LogP contribution is -1.93. The molecule has 0 amide bonds. The maximum Gasteiger partial charge on any atom is 0.293 e. The second-order valence-corrected chi connectivity index (χ2v) is 2.60. The Balaban J connectivity index is 2.75. The molecule has 0 unspecified atom stereocenters. The highest BCUT2D eigenvalue weighted by Crippen LogP contribution is 2.05. The smallest absolute Gasteiger partial charge is 0.293 e. The second kappa shape index (κ2) is 5.55. The van der Waals surface area contributed by atoms with Crippen molar-refractivity contribution in [2.75, 3.05) is 6.61 Å². The number of ether oxygens (including phenoxy) is 1. The maximum absolute atomic E-state index is 9.92. The molecule has 0 heterocycles. The Hall–Kier alpha value is -2.08. The summed E-state index contributed by atoms with van der Waals surface area (Å²) in [5.74, 6) is 0. The van der Waals surface area contributed by atoms with Gasteiger partial charge in [0, 0.05) is 0 Å². The molecule has 1 aromatic rings. The Morgan fingerprint density at radius 3 is 2.71 bits per heavy atom. The van der Waals surface area contributed by atoms with Crippen LogP contribution in [0.3, 0.4) is 0 Å². The van der Waals surface area contributed by atoms with Gasteiger partial charge in [0.25, 0.3) is 6.47 Å².